The van der Waals surface area contributed by atoms with Gasteiger partial charge in [-0.05, 0) is 30.7 Å². The van der Waals surface area contributed by atoms with Gasteiger partial charge in [0.05, 0.1) is 5.52 Å². The third-order valence-electron chi connectivity index (χ3n) is 2.87. The largest absolute Gasteiger partial charge is 0.484 e. The molecule has 0 spiro atoms. The van der Waals surface area contributed by atoms with Gasteiger partial charge in [-0.25, -0.2) is 0 Å². The van der Waals surface area contributed by atoms with Crippen LogP contribution in [0.5, 0.6) is 5.75 Å². The molecule has 0 fully saturated rings. The van der Waals surface area contributed by atoms with Crippen molar-refractivity contribution in [3.63, 3.8) is 0 Å². The molecular formula is C14H15F3N2O. The molecule has 0 aliphatic rings. The zero-order valence-electron chi connectivity index (χ0n) is 11.2. The van der Waals surface area contributed by atoms with Crippen molar-refractivity contribution in [2.45, 2.75) is 19.5 Å². The van der Waals surface area contributed by atoms with Crippen LogP contribution >= 0.6 is 0 Å². The number of aromatic nitrogens is 1. The SMILES string of the molecule is CCc1cc(NC)c2cc(OCC(F)(F)F)ccc2n1. The highest BCUT2D eigenvalue weighted by atomic mass is 19.4. The standard InChI is InChI=1S/C14H15F3N2O/c1-3-9-6-13(18-2)11-7-10(4-5-12(11)19-9)20-8-14(15,16)17/h4-7H,3,8H2,1-2H3,(H,18,19). The molecule has 0 unspecified atom stereocenters. The Morgan fingerprint density at radius 1 is 1.25 bits per heavy atom. The number of nitrogens with zero attached hydrogens (tertiary/aromatic N) is 1. The molecule has 1 aromatic heterocycles. The van der Waals surface area contributed by atoms with Crippen molar-refractivity contribution < 1.29 is 17.9 Å². The third kappa shape index (κ3) is 3.31. The van der Waals surface area contributed by atoms with Crippen LogP contribution in [-0.2, 0) is 6.42 Å². The maximum atomic E-state index is 12.1. The average molecular weight is 284 g/mol. The fourth-order valence-corrected chi connectivity index (χ4v) is 1.90. The van der Waals surface area contributed by atoms with Crippen LogP contribution in [0.15, 0.2) is 24.3 Å². The van der Waals surface area contributed by atoms with Crippen LogP contribution in [0.1, 0.15) is 12.6 Å². The molecule has 1 aromatic carbocycles. The highest BCUT2D eigenvalue weighted by molar-refractivity contribution is 5.92. The topological polar surface area (TPSA) is 34.1 Å². The monoisotopic (exact) mass is 284 g/mol. The number of aryl methyl sites for hydroxylation is 1. The molecule has 2 aromatic rings. The highest BCUT2D eigenvalue weighted by Gasteiger charge is 2.28. The number of hydrogen-bond acceptors (Lipinski definition) is 3. The number of benzene rings is 1. The fraction of sp³-hybridized carbons (Fsp3) is 0.357. The Hall–Kier alpha value is -1.98. The second-order valence-corrected chi connectivity index (χ2v) is 4.35. The van der Waals surface area contributed by atoms with Crippen LogP contribution in [0.4, 0.5) is 18.9 Å². The van der Waals surface area contributed by atoms with Gasteiger partial charge in [0.1, 0.15) is 5.75 Å². The lowest BCUT2D eigenvalue weighted by Gasteiger charge is -2.12. The Morgan fingerprint density at radius 2 is 2.00 bits per heavy atom. The van der Waals surface area contributed by atoms with Gasteiger partial charge in [0.2, 0.25) is 0 Å². The molecule has 0 saturated carbocycles. The van der Waals surface area contributed by atoms with E-state index in [0.717, 1.165) is 28.7 Å². The summed E-state index contributed by atoms with van der Waals surface area (Å²) in [7, 11) is 1.76. The second kappa shape index (κ2) is 5.56. The van der Waals surface area contributed by atoms with Crippen LogP contribution < -0.4 is 10.1 Å². The Balaban J connectivity index is 2.37. The van der Waals surface area contributed by atoms with Gasteiger partial charge in [0.15, 0.2) is 6.61 Å². The Labute approximate surface area is 114 Å². The van der Waals surface area contributed by atoms with Gasteiger partial charge in [0, 0.05) is 23.8 Å². The molecule has 0 radical (unpaired) electrons. The molecule has 0 atom stereocenters. The summed E-state index contributed by atoms with van der Waals surface area (Å²) in [5, 5.41) is 3.77. The van der Waals surface area contributed by atoms with Gasteiger partial charge < -0.3 is 10.1 Å². The van der Waals surface area contributed by atoms with Crippen LogP contribution in [0, 0.1) is 0 Å². The van der Waals surface area contributed by atoms with E-state index in [9.17, 15) is 13.2 Å². The van der Waals surface area contributed by atoms with Crippen molar-refractivity contribution in [2.24, 2.45) is 0 Å². The minimum absolute atomic E-state index is 0.178. The van der Waals surface area contributed by atoms with Crippen molar-refractivity contribution in [3.05, 3.63) is 30.0 Å². The minimum Gasteiger partial charge on any atom is -0.484 e. The van der Waals surface area contributed by atoms with E-state index in [0.29, 0.717) is 0 Å². The normalized spacial score (nSPS) is 11.7. The Kier molecular flexibility index (Phi) is 4.01. The molecule has 2 rings (SSSR count). The first-order chi connectivity index (χ1) is 9.43. The van der Waals surface area contributed by atoms with E-state index in [4.69, 9.17) is 4.74 Å². The average Bonchev–Trinajstić information content (AvgIpc) is 2.42. The molecule has 1 N–H and O–H groups in total. The van der Waals surface area contributed by atoms with Gasteiger partial charge in [-0.1, -0.05) is 6.92 Å². The first kappa shape index (κ1) is 14.4. The quantitative estimate of drug-likeness (QED) is 0.927. The smallest absolute Gasteiger partial charge is 0.422 e. The number of fused-ring (bicyclic) bond motifs is 1. The van der Waals surface area contributed by atoms with E-state index in [2.05, 4.69) is 10.3 Å². The molecule has 20 heavy (non-hydrogen) atoms. The number of halogens is 3. The van der Waals surface area contributed by atoms with Crippen molar-refractivity contribution in [2.75, 3.05) is 19.0 Å². The zero-order chi connectivity index (χ0) is 14.8. The van der Waals surface area contributed by atoms with Crippen molar-refractivity contribution in [1.29, 1.82) is 0 Å². The summed E-state index contributed by atoms with van der Waals surface area (Å²) in [5.41, 5.74) is 2.48. The maximum absolute atomic E-state index is 12.1. The molecule has 0 aliphatic carbocycles. The first-order valence-electron chi connectivity index (χ1n) is 6.24. The van der Waals surface area contributed by atoms with E-state index in [-0.39, 0.29) is 5.75 Å². The van der Waals surface area contributed by atoms with Crippen molar-refractivity contribution in [3.8, 4) is 5.75 Å². The predicted octanol–water partition coefficient (Wildman–Crippen LogP) is 3.78. The number of pyridine rings is 1. The summed E-state index contributed by atoms with van der Waals surface area (Å²) in [4.78, 5) is 4.43. The van der Waals surface area contributed by atoms with E-state index in [1.165, 1.54) is 6.07 Å². The summed E-state index contributed by atoms with van der Waals surface area (Å²) in [6.07, 6.45) is -3.55. The van der Waals surface area contributed by atoms with Crippen LogP contribution in [0.2, 0.25) is 0 Å². The van der Waals surface area contributed by atoms with Gasteiger partial charge in [0.25, 0.3) is 0 Å². The molecule has 6 heteroatoms. The van der Waals surface area contributed by atoms with Crippen molar-refractivity contribution in [1.82, 2.24) is 4.98 Å². The summed E-state index contributed by atoms with van der Waals surface area (Å²) >= 11 is 0. The predicted molar refractivity (Wildman–Crippen MR) is 72.2 cm³/mol. The third-order valence-corrected chi connectivity index (χ3v) is 2.87. The summed E-state index contributed by atoms with van der Waals surface area (Å²) in [5.74, 6) is 0.178. The Bertz CT molecular complexity index is 611. The molecular weight excluding hydrogens is 269 g/mol. The lowest BCUT2D eigenvalue weighted by atomic mass is 10.1. The summed E-state index contributed by atoms with van der Waals surface area (Å²) in [6, 6.07) is 6.62. The van der Waals surface area contributed by atoms with Crippen LogP contribution in [0.25, 0.3) is 10.9 Å². The number of anilines is 1. The van der Waals surface area contributed by atoms with Gasteiger partial charge in [-0.15, -0.1) is 0 Å². The molecule has 3 nitrogen and oxygen atoms in total. The van der Waals surface area contributed by atoms with E-state index in [1.54, 1.807) is 19.2 Å². The van der Waals surface area contributed by atoms with E-state index < -0.39 is 12.8 Å². The zero-order valence-corrected chi connectivity index (χ0v) is 11.2. The van der Waals surface area contributed by atoms with Gasteiger partial charge in [-0.3, -0.25) is 4.98 Å². The number of alkyl halides is 3. The fourth-order valence-electron chi connectivity index (χ4n) is 1.90. The van der Waals surface area contributed by atoms with Gasteiger partial charge in [-0.2, -0.15) is 13.2 Å². The van der Waals surface area contributed by atoms with Crippen molar-refractivity contribution >= 4 is 16.6 Å². The van der Waals surface area contributed by atoms with E-state index >= 15 is 0 Å². The van der Waals surface area contributed by atoms with Crippen LogP contribution in [0.3, 0.4) is 0 Å². The van der Waals surface area contributed by atoms with E-state index in [1.807, 2.05) is 13.0 Å². The lowest BCUT2D eigenvalue weighted by molar-refractivity contribution is -0.153. The molecule has 0 saturated heterocycles. The number of rotatable bonds is 4. The number of ether oxygens (including phenoxy) is 1. The lowest BCUT2D eigenvalue weighted by Crippen LogP contribution is -2.19. The minimum atomic E-state index is -4.34. The van der Waals surface area contributed by atoms with Gasteiger partial charge >= 0.3 is 6.18 Å². The molecule has 108 valence electrons. The summed E-state index contributed by atoms with van der Waals surface area (Å²) < 4.78 is 41.2. The summed E-state index contributed by atoms with van der Waals surface area (Å²) in [6.45, 7) is 0.697. The Morgan fingerprint density at radius 3 is 2.60 bits per heavy atom. The van der Waals surface area contributed by atoms with Crippen LogP contribution in [-0.4, -0.2) is 24.8 Å². The number of nitrogens with one attached hydrogen (secondary N) is 1. The maximum Gasteiger partial charge on any atom is 0.422 e. The molecule has 0 amide bonds. The highest BCUT2D eigenvalue weighted by Crippen LogP contribution is 2.28. The second-order valence-electron chi connectivity index (χ2n) is 4.35. The number of hydrogen-bond donors (Lipinski definition) is 1. The molecule has 0 aliphatic heterocycles. The molecule has 1 heterocycles. The molecule has 0 bridgehead atoms. The first-order valence-corrected chi connectivity index (χ1v) is 6.24.